The van der Waals surface area contributed by atoms with Crippen LogP contribution in [0.5, 0.6) is 0 Å². The highest BCUT2D eigenvalue weighted by molar-refractivity contribution is 5.69. The van der Waals surface area contributed by atoms with Gasteiger partial charge in [-0.3, -0.25) is 4.79 Å². The van der Waals surface area contributed by atoms with Crippen LogP contribution in [0.3, 0.4) is 0 Å². The van der Waals surface area contributed by atoms with E-state index in [2.05, 4.69) is 25.8 Å². The zero-order chi connectivity index (χ0) is 13.8. The number of rotatable bonds is 11. The third-order valence-electron chi connectivity index (χ3n) is 2.65. The monoisotopic (exact) mass is 259 g/mol. The molecule has 0 unspecified atom stereocenters. The smallest absolute Gasteiger partial charge is 0.305 e. The minimum absolute atomic E-state index is 0.0730. The van der Waals surface area contributed by atoms with Gasteiger partial charge in [0.25, 0.3) is 0 Å². The zero-order valence-corrected chi connectivity index (χ0v) is 12.4. The summed E-state index contributed by atoms with van der Waals surface area (Å²) in [5, 5.41) is 0. The highest BCUT2D eigenvalue weighted by Gasteiger charge is 2.02. The quantitative estimate of drug-likeness (QED) is 0.422. The van der Waals surface area contributed by atoms with Crippen LogP contribution in [0.15, 0.2) is 0 Å². The van der Waals surface area contributed by atoms with E-state index >= 15 is 0 Å². The fraction of sp³-hybridized carbons (Fsp3) is 0.929. The summed E-state index contributed by atoms with van der Waals surface area (Å²) in [5.74, 6) is -0.0730. The van der Waals surface area contributed by atoms with Gasteiger partial charge >= 0.3 is 5.97 Å². The van der Waals surface area contributed by atoms with Crippen molar-refractivity contribution in [2.24, 2.45) is 0 Å². The third kappa shape index (κ3) is 11.9. The second kappa shape index (κ2) is 11.5. The van der Waals surface area contributed by atoms with Crippen molar-refractivity contribution in [1.29, 1.82) is 0 Å². The normalized spacial score (nSPS) is 11.2. The van der Waals surface area contributed by atoms with Gasteiger partial charge in [-0.05, 0) is 47.2 Å². The Bertz CT molecular complexity index is 207. The number of carbonyl (C=O) groups is 1. The summed E-state index contributed by atoms with van der Waals surface area (Å²) in [7, 11) is 2.11. The van der Waals surface area contributed by atoms with Crippen molar-refractivity contribution in [2.75, 3.05) is 33.4 Å². The van der Waals surface area contributed by atoms with E-state index in [1.54, 1.807) is 0 Å². The fourth-order valence-electron chi connectivity index (χ4n) is 1.62. The Kier molecular flexibility index (Phi) is 11.1. The molecule has 0 N–H and O–H groups in total. The number of unbranched alkanes of at least 4 members (excludes halogenated alkanes) is 2. The van der Waals surface area contributed by atoms with Crippen molar-refractivity contribution in [2.45, 2.75) is 52.6 Å². The van der Waals surface area contributed by atoms with E-state index in [4.69, 9.17) is 9.47 Å². The maximum atomic E-state index is 11.1. The van der Waals surface area contributed by atoms with Gasteiger partial charge in [-0.1, -0.05) is 6.42 Å². The Morgan fingerprint density at radius 2 is 1.89 bits per heavy atom. The number of carbonyl (C=O) groups excluding carboxylic acids is 1. The average molecular weight is 259 g/mol. The van der Waals surface area contributed by atoms with Crippen molar-refractivity contribution >= 4 is 5.97 Å². The first-order valence-electron chi connectivity index (χ1n) is 7.02. The number of esters is 1. The molecule has 0 fully saturated rings. The molecule has 4 heteroatoms. The van der Waals surface area contributed by atoms with E-state index in [1.165, 1.54) is 0 Å². The highest BCUT2D eigenvalue weighted by atomic mass is 16.5. The van der Waals surface area contributed by atoms with E-state index in [0.29, 0.717) is 19.1 Å². The molecule has 0 aliphatic heterocycles. The first kappa shape index (κ1) is 17.4. The summed E-state index contributed by atoms with van der Waals surface area (Å²) in [6, 6.07) is 0. The molecule has 108 valence electrons. The first-order chi connectivity index (χ1) is 8.56. The van der Waals surface area contributed by atoms with Gasteiger partial charge in [-0.2, -0.15) is 0 Å². The van der Waals surface area contributed by atoms with Crippen molar-refractivity contribution < 1.29 is 14.3 Å². The van der Waals surface area contributed by atoms with Gasteiger partial charge in [-0.15, -0.1) is 0 Å². The van der Waals surface area contributed by atoms with Crippen molar-refractivity contribution in [3.05, 3.63) is 0 Å². The van der Waals surface area contributed by atoms with E-state index < -0.39 is 0 Å². The molecule has 4 nitrogen and oxygen atoms in total. The van der Waals surface area contributed by atoms with Crippen molar-refractivity contribution in [3.8, 4) is 0 Å². The fourth-order valence-corrected chi connectivity index (χ4v) is 1.62. The Morgan fingerprint density at radius 1 is 1.17 bits per heavy atom. The topological polar surface area (TPSA) is 38.8 Å². The lowest BCUT2D eigenvalue weighted by molar-refractivity contribution is -0.143. The van der Waals surface area contributed by atoms with Crippen LogP contribution in [0.1, 0.15) is 46.5 Å². The van der Waals surface area contributed by atoms with E-state index in [9.17, 15) is 4.79 Å². The molecule has 0 heterocycles. The summed E-state index contributed by atoms with van der Waals surface area (Å²) in [6.07, 6.45) is 3.98. The summed E-state index contributed by atoms with van der Waals surface area (Å²) >= 11 is 0. The standard InChI is InChI=1S/C14H29NO3/c1-5-17-14(16)9-7-6-8-10-15(4)11-12-18-13(2)3/h13H,5-12H2,1-4H3. The minimum Gasteiger partial charge on any atom is -0.466 e. The van der Waals surface area contributed by atoms with Crippen LogP contribution in [-0.2, 0) is 14.3 Å². The number of hydrogen-bond donors (Lipinski definition) is 0. The number of ether oxygens (including phenoxy) is 2. The van der Waals surface area contributed by atoms with Crippen LogP contribution in [-0.4, -0.2) is 50.3 Å². The van der Waals surface area contributed by atoms with Gasteiger partial charge in [0.05, 0.1) is 19.3 Å². The van der Waals surface area contributed by atoms with Crippen molar-refractivity contribution in [3.63, 3.8) is 0 Å². The second-order valence-electron chi connectivity index (χ2n) is 4.84. The molecule has 0 aliphatic rings. The summed E-state index contributed by atoms with van der Waals surface area (Å²) < 4.78 is 10.4. The maximum Gasteiger partial charge on any atom is 0.305 e. The highest BCUT2D eigenvalue weighted by Crippen LogP contribution is 2.02. The maximum absolute atomic E-state index is 11.1. The molecule has 0 bridgehead atoms. The zero-order valence-electron chi connectivity index (χ0n) is 12.4. The van der Waals surface area contributed by atoms with Crippen LogP contribution in [0, 0.1) is 0 Å². The van der Waals surface area contributed by atoms with Gasteiger partial charge in [0.2, 0.25) is 0 Å². The molecule has 0 aromatic rings. The van der Waals surface area contributed by atoms with Gasteiger partial charge in [0.1, 0.15) is 0 Å². The van der Waals surface area contributed by atoms with Gasteiger partial charge in [-0.25, -0.2) is 0 Å². The Hall–Kier alpha value is -0.610. The predicted molar refractivity (Wildman–Crippen MR) is 73.7 cm³/mol. The van der Waals surface area contributed by atoms with Crippen LogP contribution >= 0.6 is 0 Å². The predicted octanol–water partition coefficient (Wildman–Crippen LogP) is 2.47. The van der Waals surface area contributed by atoms with E-state index in [-0.39, 0.29) is 5.97 Å². The molecule has 0 rings (SSSR count). The molecule has 18 heavy (non-hydrogen) atoms. The SMILES string of the molecule is CCOC(=O)CCCCCN(C)CCOC(C)C. The van der Waals surface area contributed by atoms with Gasteiger partial charge < -0.3 is 14.4 Å². The van der Waals surface area contributed by atoms with Crippen molar-refractivity contribution in [1.82, 2.24) is 4.90 Å². The lowest BCUT2D eigenvalue weighted by Crippen LogP contribution is -2.25. The van der Waals surface area contributed by atoms with Gasteiger partial charge in [0, 0.05) is 13.0 Å². The molecule has 0 radical (unpaired) electrons. The largest absolute Gasteiger partial charge is 0.466 e. The minimum atomic E-state index is -0.0730. The number of nitrogens with zero attached hydrogens (tertiary/aromatic N) is 1. The molecule has 0 atom stereocenters. The first-order valence-corrected chi connectivity index (χ1v) is 7.02. The average Bonchev–Trinajstić information content (AvgIpc) is 2.28. The second-order valence-corrected chi connectivity index (χ2v) is 4.84. The lowest BCUT2D eigenvalue weighted by atomic mass is 10.2. The number of likely N-dealkylation sites (N-methyl/N-ethyl adjacent to an activating group) is 1. The molecule has 0 aromatic heterocycles. The summed E-state index contributed by atoms with van der Waals surface area (Å²) in [6.45, 7) is 9.24. The molecule has 0 saturated carbocycles. The molecular weight excluding hydrogens is 230 g/mol. The lowest BCUT2D eigenvalue weighted by Gasteiger charge is -2.17. The molecule has 0 aromatic carbocycles. The number of hydrogen-bond acceptors (Lipinski definition) is 4. The summed E-state index contributed by atoms with van der Waals surface area (Å²) in [5.41, 5.74) is 0. The molecular formula is C14H29NO3. The van der Waals surface area contributed by atoms with Gasteiger partial charge in [0.15, 0.2) is 0 Å². The third-order valence-corrected chi connectivity index (χ3v) is 2.65. The Balaban J connectivity index is 3.29. The summed E-state index contributed by atoms with van der Waals surface area (Å²) in [4.78, 5) is 13.4. The molecule has 0 saturated heterocycles. The van der Waals surface area contributed by atoms with Crippen LogP contribution in [0.4, 0.5) is 0 Å². The van der Waals surface area contributed by atoms with E-state index in [0.717, 1.165) is 39.0 Å². The van der Waals surface area contributed by atoms with Crippen LogP contribution < -0.4 is 0 Å². The molecule has 0 aliphatic carbocycles. The van der Waals surface area contributed by atoms with Crippen LogP contribution in [0.2, 0.25) is 0 Å². The molecule has 0 amide bonds. The molecule has 0 spiro atoms. The van der Waals surface area contributed by atoms with Crippen LogP contribution in [0.25, 0.3) is 0 Å². The van der Waals surface area contributed by atoms with E-state index in [1.807, 2.05) is 6.92 Å². The Labute approximate surface area is 112 Å². The Morgan fingerprint density at radius 3 is 2.50 bits per heavy atom.